The zero-order valence-corrected chi connectivity index (χ0v) is 16.3. The fourth-order valence-corrected chi connectivity index (χ4v) is 3.40. The summed E-state index contributed by atoms with van der Waals surface area (Å²) >= 11 is 0. The van der Waals surface area contributed by atoms with Crippen molar-refractivity contribution in [1.29, 1.82) is 0 Å². The number of aryl methyl sites for hydroxylation is 1. The van der Waals surface area contributed by atoms with Crippen LogP contribution in [0.4, 0.5) is 0 Å². The molecule has 0 fully saturated rings. The van der Waals surface area contributed by atoms with E-state index in [2.05, 4.69) is 15.3 Å². The lowest BCUT2D eigenvalue weighted by Crippen LogP contribution is -2.23. The lowest BCUT2D eigenvalue weighted by molar-refractivity contribution is 0.0945. The third-order valence-corrected chi connectivity index (χ3v) is 4.85. The lowest BCUT2D eigenvalue weighted by Gasteiger charge is -2.01. The Morgan fingerprint density at radius 1 is 1.07 bits per heavy atom. The quantitative estimate of drug-likeness (QED) is 0.486. The summed E-state index contributed by atoms with van der Waals surface area (Å²) in [5.74, 6) is 1.86. The molecular formula is C23H19N5O2. The van der Waals surface area contributed by atoms with Crippen LogP contribution in [-0.2, 0) is 6.54 Å². The molecule has 4 aromatic heterocycles. The van der Waals surface area contributed by atoms with Crippen LogP contribution >= 0.6 is 0 Å². The van der Waals surface area contributed by atoms with Gasteiger partial charge in [-0.2, -0.15) is 0 Å². The molecule has 0 saturated heterocycles. The van der Waals surface area contributed by atoms with Crippen LogP contribution < -0.4 is 5.32 Å². The molecule has 5 aromatic rings. The minimum absolute atomic E-state index is 0.263. The van der Waals surface area contributed by atoms with E-state index in [4.69, 9.17) is 4.42 Å². The van der Waals surface area contributed by atoms with Gasteiger partial charge in [-0.1, -0.05) is 24.3 Å². The van der Waals surface area contributed by atoms with Crippen molar-refractivity contribution in [2.75, 3.05) is 0 Å². The van der Waals surface area contributed by atoms with E-state index in [0.29, 0.717) is 29.5 Å². The van der Waals surface area contributed by atoms with Gasteiger partial charge in [-0.15, -0.1) is 0 Å². The maximum atomic E-state index is 12.9. The molecule has 0 unspecified atom stereocenters. The standard InChI is InChI=1S/C23H19N5O2/c1-16-10-11-18(30-16)13-24-23(29)21-20-9-5-6-12-28(20)22(26-21)19-14-27(15-25-19)17-7-3-2-4-8-17/h2-12,14-15H,13H2,1H3,(H,24,29). The van der Waals surface area contributed by atoms with Crippen molar-refractivity contribution >= 4 is 11.4 Å². The summed E-state index contributed by atoms with van der Waals surface area (Å²) in [7, 11) is 0. The molecule has 0 radical (unpaired) electrons. The van der Waals surface area contributed by atoms with Crippen molar-refractivity contribution < 1.29 is 9.21 Å². The summed E-state index contributed by atoms with van der Waals surface area (Å²) in [6, 6.07) is 19.3. The Labute approximate surface area is 172 Å². The highest BCUT2D eigenvalue weighted by atomic mass is 16.3. The number of furan rings is 1. The van der Waals surface area contributed by atoms with E-state index in [1.165, 1.54) is 0 Å². The van der Waals surface area contributed by atoms with E-state index < -0.39 is 0 Å². The Kier molecular flexibility index (Phi) is 4.40. The molecule has 0 saturated carbocycles. The summed E-state index contributed by atoms with van der Waals surface area (Å²) in [4.78, 5) is 22.0. The number of benzene rings is 1. The Morgan fingerprint density at radius 2 is 1.90 bits per heavy atom. The van der Waals surface area contributed by atoms with Crippen molar-refractivity contribution in [1.82, 2.24) is 24.3 Å². The van der Waals surface area contributed by atoms with Crippen LogP contribution in [-0.4, -0.2) is 24.8 Å². The summed E-state index contributed by atoms with van der Waals surface area (Å²) in [5.41, 5.74) is 2.75. The maximum absolute atomic E-state index is 12.9. The van der Waals surface area contributed by atoms with Crippen molar-refractivity contribution in [3.8, 4) is 17.2 Å². The number of imidazole rings is 2. The number of amides is 1. The highest BCUT2D eigenvalue weighted by Crippen LogP contribution is 2.22. The number of nitrogens with zero attached hydrogens (tertiary/aromatic N) is 4. The normalized spacial score (nSPS) is 11.1. The van der Waals surface area contributed by atoms with Crippen molar-refractivity contribution in [2.24, 2.45) is 0 Å². The Balaban J connectivity index is 1.48. The van der Waals surface area contributed by atoms with Gasteiger partial charge in [0.2, 0.25) is 0 Å². The number of para-hydroxylation sites is 1. The second-order valence-corrected chi connectivity index (χ2v) is 6.94. The topological polar surface area (TPSA) is 77.4 Å². The van der Waals surface area contributed by atoms with Crippen molar-refractivity contribution in [3.05, 3.63) is 96.6 Å². The van der Waals surface area contributed by atoms with Crippen LogP contribution in [0.5, 0.6) is 0 Å². The van der Waals surface area contributed by atoms with Crippen LogP contribution in [0.25, 0.3) is 22.7 Å². The van der Waals surface area contributed by atoms with Gasteiger partial charge >= 0.3 is 0 Å². The first-order valence-electron chi connectivity index (χ1n) is 9.59. The van der Waals surface area contributed by atoms with Crippen LogP contribution in [0, 0.1) is 6.92 Å². The van der Waals surface area contributed by atoms with Crippen LogP contribution in [0.15, 0.2) is 83.8 Å². The zero-order chi connectivity index (χ0) is 20.5. The third-order valence-electron chi connectivity index (χ3n) is 4.85. The molecule has 0 aliphatic carbocycles. The van der Waals surface area contributed by atoms with Gasteiger partial charge < -0.3 is 14.3 Å². The first-order chi connectivity index (χ1) is 14.7. The van der Waals surface area contributed by atoms with Gasteiger partial charge in [0.05, 0.1) is 12.1 Å². The molecule has 1 aromatic carbocycles. The molecule has 0 spiro atoms. The molecular weight excluding hydrogens is 378 g/mol. The molecule has 5 rings (SSSR count). The average molecular weight is 397 g/mol. The first kappa shape index (κ1) is 17.9. The van der Waals surface area contributed by atoms with E-state index in [9.17, 15) is 4.79 Å². The fraction of sp³-hybridized carbons (Fsp3) is 0.0870. The summed E-state index contributed by atoms with van der Waals surface area (Å²) in [6.07, 6.45) is 5.53. The van der Waals surface area contributed by atoms with Crippen LogP contribution in [0.3, 0.4) is 0 Å². The predicted octanol–water partition coefficient (Wildman–Crippen LogP) is 4.02. The summed E-state index contributed by atoms with van der Waals surface area (Å²) in [6.45, 7) is 2.17. The SMILES string of the molecule is Cc1ccc(CNC(=O)c2nc(-c3cn(-c4ccccc4)cn3)n3ccccc23)o1. The largest absolute Gasteiger partial charge is 0.465 e. The van der Waals surface area contributed by atoms with Gasteiger partial charge in [0.15, 0.2) is 11.5 Å². The van der Waals surface area contributed by atoms with Gasteiger partial charge in [-0.25, -0.2) is 9.97 Å². The van der Waals surface area contributed by atoms with Crippen LogP contribution in [0.1, 0.15) is 22.0 Å². The Morgan fingerprint density at radius 3 is 2.70 bits per heavy atom. The molecule has 7 heteroatoms. The maximum Gasteiger partial charge on any atom is 0.272 e. The van der Waals surface area contributed by atoms with Gasteiger partial charge in [-0.05, 0) is 43.3 Å². The molecule has 30 heavy (non-hydrogen) atoms. The molecule has 7 nitrogen and oxygen atoms in total. The minimum atomic E-state index is -0.263. The average Bonchev–Trinajstić information content (AvgIpc) is 3.51. The molecule has 1 amide bonds. The number of aromatic nitrogens is 4. The van der Waals surface area contributed by atoms with E-state index in [1.807, 2.05) is 88.9 Å². The number of hydrogen-bond donors (Lipinski definition) is 1. The number of rotatable bonds is 5. The summed E-state index contributed by atoms with van der Waals surface area (Å²) < 4.78 is 9.33. The highest BCUT2D eigenvalue weighted by Gasteiger charge is 2.20. The van der Waals surface area contributed by atoms with Crippen molar-refractivity contribution in [3.63, 3.8) is 0 Å². The third kappa shape index (κ3) is 3.26. The molecule has 0 atom stereocenters. The Bertz CT molecular complexity index is 1330. The smallest absolute Gasteiger partial charge is 0.272 e. The van der Waals surface area contributed by atoms with Gasteiger partial charge in [0.25, 0.3) is 5.91 Å². The highest BCUT2D eigenvalue weighted by molar-refractivity contribution is 5.99. The first-order valence-corrected chi connectivity index (χ1v) is 9.59. The second kappa shape index (κ2) is 7.36. The predicted molar refractivity (Wildman–Crippen MR) is 112 cm³/mol. The van der Waals surface area contributed by atoms with E-state index >= 15 is 0 Å². The molecule has 0 bridgehead atoms. The fourth-order valence-electron chi connectivity index (χ4n) is 3.40. The van der Waals surface area contributed by atoms with Crippen molar-refractivity contribution in [2.45, 2.75) is 13.5 Å². The number of carbonyl (C=O) groups is 1. The molecule has 148 valence electrons. The molecule has 1 N–H and O–H groups in total. The zero-order valence-electron chi connectivity index (χ0n) is 16.3. The molecule has 4 heterocycles. The number of hydrogen-bond acceptors (Lipinski definition) is 4. The van der Waals surface area contributed by atoms with Gasteiger partial charge in [0.1, 0.15) is 23.5 Å². The summed E-state index contributed by atoms with van der Waals surface area (Å²) in [5, 5.41) is 2.88. The molecule has 0 aliphatic rings. The number of nitrogens with one attached hydrogen (secondary N) is 1. The number of fused-ring (bicyclic) bond motifs is 1. The van der Waals surface area contributed by atoms with E-state index in [0.717, 1.165) is 17.0 Å². The second-order valence-electron chi connectivity index (χ2n) is 6.94. The van der Waals surface area contributed by atoms with E-state index in [1.54, 1.807) is 6.33 Å². The Hall–Kier alpha value is -4.13. The number of carbonyl (C=O) groups excluding carboxylic acids is 1. The lowest BCUT2D eigenvalue weighted by atomic mass is 10.3. The number of pyridine rings is 1. The molecule has 0 aliphatic heterocycles. The van der Waals surface area contributed by atoms with E-state index in [-0.39, 0.29) is 5.91 Å². The van der Waals surface area contributed by atoms with Crippen LogP contribution in [0.2, 0.25) is 0 Å². The monoisotopic (exact) mass is 397 g/mol. The van der Waals surface area contributed by atoms with Gasteiger partial charge in [0, 0.05) is 18.1 Å². The minimum Gasteiger partial charge on any atom is -0.465 e. The van der Waals surface area contributed by atoms with Gasteiger partial charge in [-0.3, -0.25) is 9.20 Å².